The molecule has 0 aliphatic heterocycles. The average Bonchev–Trinajstić information content (AvgIpc) is 2.08. The minimum absolute atomic E-state index is 0.0785. The smallest absolute Gasteiger partial charge is 0.245 e. The van der Waals surface area contributed by atoms with Gasteiger partial charge in [-0.05, 0) is 28.1 Å². The molecule has 0 spiro atoms. The number of nitro groups is 1. The Kier molecular flexibility index (Phi) is 3.13. The highest BCUT2D eigenvalue weighted by molar-refractivity contribution is 9.10. The number of nitrogens with zero attached hydrogens (tertiary/aromatic N) is 2. The van der Waals surface area contributed by atoms with Crippen molar-refractivity contribution in [3.05, 3.63) is 44.3 Å². The largest absolute Gasteiger partial charge is 0.259 e. The molecule has 0 atom stereocenters. The molecule has 1 rings (SSSR count). The van der Waals surface area contributed by atoms with Gasteiger partial charge in [-0.25, -0.2) is 0 Å². The average molecular weight is 243 g/mol. The molecule has 5 heteroatoms. The zero-order valence-corrected chi connectivity index (χ0v) is 8.48. The molecular weight excluding hydrogens is 236 g/mol. The predicted octanol–water partition coefficient (Wildman–Crippen LogP) is 2.48. The standard InChI is InChI=1S/C8H7BrN2O2/c1-6(11(12)13)4-8-3-2-7(9)5-10-8/h2-5H,1H3/b6-4-. The summed E-state index contributed by atoms with van der Waals surface area (Å²) in [7, 11) is 0. The second-order valence-corrected chi connectivity index (χ2v) is 3.36. The molecule has 0 aliphatic carbocycles. The fraction of sp³-hybridized carbons (Fsp3) is 0.125. The van der Waals surface area contributed by atoms with Gasteiger partial charge in [-0.3, -0.25) is 15.1 Å². The lowest BCUT2D eigenvalue weighted by Gasteiger charge is -1.92. The summed E-state index contributed by atoms with van der Waals surface area (Å²) < 4.78 is 0.850. The summed E-state index contributed by atoms with van der Waals surface area (Å²) in [4.78, 5) is 13.8. The number of rotatable bonds is 2. The fourth-order valence-electron chi connectivity index (χ4n) is 0.739. The number of hydrogen-bond acceptors (Lipinski definition) is 3. The van der Waals surface area contributed by atoms with Crippen LogP contribution in [-0.2, 0) is 0 Å². The minimum atomic E-state index is -0.441. The van der Waals surface area contributed by atoms with Gasteiger partial charge in [0.1, 0.15) is 0 Å². The van der Waals surface area contributed by atoms with Crippen molar-refractivity contribution in [2.24, 2.45) is 0 Å². The van der Waals surface area contributed by atoms with Gasteiger partial charge in [-0.1, -0.05) is 0 Å². The van der Waals surface area contributed by atoms with Crippen LogP contribution in [0.25, 0.3) is 6.08 Å². The number of halogens is 1. The second-order valence-electron chi connectivity index (χ2n) is 2.44. The van der Waals surface area contributed by atoms with E-state index < -0.39 is 4.92 Å². The molecule has 0 saturated heterocycles. The molecule has 1 aromatic rings. The van der Waals surface area contributed by atoms with Gasteiger partial charge < -0.3 is 0 Å². The van der Waals surface area contributed by atoms with Crippen molar-refractivity contribution in [2.75, 3.05) is 0 Å². The molecule has 1 heterocycles. The van der Waals surface area contributed by atoms with Crippen LogP contribution in [0.2, 0.25) is 0 Å². The first-order chi connectivity index (χ1) is 6.09. The molecule has 0 radical (unpaired) electrons. The normalized spacial score (nSPS) is 11.4. The van der Waals surface area contributed by atoms with Crippen LogP contribution >= 0.6 is 15.9 Å². The predicted molar refractivity (Wildman–Crippen MR) is 52.6 cm³/mol. The monoisotopic (exact) mass is 242 g/mol. The molecule has 68 valence electrons. The minimum Gasteiger partial charge on any atom is -0.259 e. The van der Waals surface area contributed by atoms with Gasteiger partial charge in [0.05, 0.1) is 10.6 Å². The Labute approximate surface area is 83.6 Å². The maximum Gasteiger partial charge on any atom is 0.245 e. The number of allylic oxidation sites excluding steroid dienone is 1. The third-order valence-electron chi connectivity index (χ3n) is 1.40. The second kappa shape index (κ2) is 4.13. The van der Waals surface area contributed by atoms with Crippen molar-refractivity contribution in [2.45, 2.75) is 6.92 Å². The van der Waals surface area contributed by atoms with Crippen LogP contribution in [0.1, 0.15) is 12.6 Å². The van der Waals surface area contributed by atoms with Gasteiger partial charge in [0.15, 0.2) is 0 Å². The van der Waals surface area contributed by atoms with Crippen LogP contribution in [0, 0.1) is 10.1 Å². The summed E-state index contributed by atoms with van der Waals surface area (Å²) in [5.41, 5.74) is 0.659. The van der Waals surface area contributed by atoms with Crippen molar-refractivity contribution in [1.29, 1.82) is 0 Å². The summed E-state index contributed by atoms with van der Waals surface area (Å²) in [6, 6.07) is 3.49. The Bertz CT molecular complexity index is 346. The highest BCUT2D eigenvalue weighted by Gasteiger charge is 2.01. The van der Waals surface area contributed by atoms with E-state index in [1.54, 1.807) is 18.3 Å². The summed E-state index contributed by atoms with van der Waals surface area (Å²) in [5, 5.41) is 10.3. The van der Waals surface area contributed by atoms with Gasteiger partial charge in [0, 0.05) is 23.7 Å². The lowest BCUT2D eigenvalue weighted by Crippen LogP contribution is -1.93. The molecular formula is C8H7BrN2O2. The van der Waals surface area contributed by atoms with Crippen LogP contribution in [0.3, 0.4) is 0 Å². The van der Waals surface area contributed by atoms with Gasteiger partial charge in [-0.2, -0.15) is 0 Å². The first-order valence-electron chi connectivity index (χ1n) is 3.54. The van der Waals surface area contributed by atoms with Crippen LogP contribution in [0.4, 0.5) is 0 Å². The molecule has 0 fully saturated rings. The molecule has 0 N–H and O–H groups in total. The lowest BCUT2D eigenvalue weighted by molar-refractivity contribution is -0.422. The van der Waals surface area contributed by atoms with E-state index in [0.29, 0.717) is 5.69 Å². The number of pyridine rings is 1. The van der Waals surface area contributed by atoms with E-state index in [9.17, 15) is 10.1 Å². The summed E-state index contributed by atoms with van der Waals surface area (Å²) in [5.74, 6) is 0. The molecule has 13 heavy (non-hydrogen) atoms. The Morgan fingerprint density at radius 2 is 2.38 bits per heavy atom. The van der Waals surface area contributed by atoms with E-state index in [-0.39, 0.29) is 5.70 Å². The maximum atomic E-state index is 10.3. The molecule has 0 bridgehead atoms. The van der Waals surface area contributed by atoms with Crippen molar-refractivity contribution in [1.82, 2.24) is 4.98 Å². The third kappa shape index (κ3) is 2.95. The lowest BCUT2D eigenvalue weighted by atomic mass is 10.3. The molecule has 4 nitrogen and oxygen atoms in total. The molecule has 1 aromatic heterocycles. The van der Waals surface area contributed by atoms with Crippen molar-refractivity contribution in [3.8, 4) is 0 Å². The molecule has 0 aromatic carbocycles. The number of aromatic nitrogens is 1. The molecule has 0 amide bonds. The maximum absolute atomic E-state index is 10.3. The Hall–Kier alpha value is -1.23. The van der Waals surface area contributed by atoms with Crippen molar-refractivity contribution >= 4 is 22.0 Å². The van der Waals surface area contributed by atoms with Crippen LogP contribution in [0.5, 0.6) is 0 Å². The first kappa shape index (κ1) is 9.85. The van der Waals surface area contributed by atoms with Gasteiger partial charge in [-0.15, -0.1) is 0 Å². The highest BCUT2D eigenvalue weighted by Crippen LogP contribution is 2.09. The molecule has 0 aliphatic rings. The van der Waals surface area contributed by atoms with E-state index in [4.69, 9.17) is 0 Å². The van der Waals surface area contributed by atoms with E-state index in [1.807, 2.05) is 0 Å². The van der Waals surface area contributed by atoms with Crippen LogP contribution < -0.4 is 0 Å². The van der Waals surface area contributed by atoms with Gasteiger partial charge in [0.25, 0.3) is 0 Å². The van der Waals surface area contributed by atoms with Gasteiger partial charge in [0.2, 0.25) is 5.70 Å². The van der Waals surface area contributed by atoms with E-state index in [0.717, 1.165) is 4.47 Å². The quantitative estimate of drug-likeness (QED) is 0.592. The highest BCUT2D eigenvalue weighted by atomic mass is 79.9. The Balaban J connectivity index is 2.92. The van der Waals surface area contributed by atoms with Crippen LogP contribution in [-0.4, -0.2) is 9.91 Å². The van der Waals surface area contributed by atoms with E-state index in [2.05, 4.69) is 20.9 Å². The number of hydrogen-bond donors (Lipinski definition) is 0. The summed E-state index contributed by atoms with van der Waals surface area (Å²) in [6.45, 7) is 1.43. The third-order valence-corrected chi connectivity index (χ3v) is 1.86. The zero-order chi connectivity index (χ0) is 9.84. The van der Waals surface area contributed by atoms with Gasteiger partial charge >= 0.3 is 0 Å². The summed E-state index contributed by atoms with van der Waals surface area (Å²) in [6.07, 6.45) is 3.02. The Morgan fingerprint density at radius 3 is 2.85 bits per heavy atom. The SMILES string of the molecule is C/C(=C/c1ccc(Br)cn1)[N+](=O)[O-]. The molecule has 0 unspecified atom stereocenters. The topological polar surface area (TPSA) is 56.0 Å². The van der Waals surface area contributed by atoms with Crippen molar-refractivity contribution in [3.63, 3.8) is 0 Å². The Morgan fingerprint density at radius 1 is 1.69 bits per heavy atom. The zero-order valence-electron chi connectivity index (χ0n) is 6.90. The van der Waals surface area contributed by atoms with E-state index >= 15 is 0 Å². The van der Waals surface area contributed by atoms with Crippen molar-refractivity contribution < 1.29 is 4.92 Å². The fourth-order valence-corrected chi connectivity index (χ4v) is 0.974. The summed E-state index contributed by atoms with van der Waals surface area (Å²) >= 11 is 3.22. The first-order valence-corrected chi connectivity index (χ1v) is 4.33. The van der Waals surface area contributed by atoms with Crippen LogP contribution in [0.15, 0.2) is 28.5 Å². The molecule has 0 saturated carbocycles. The van der Waals surface area contributed by atoms with E-state index in [1.165, 1.54) is 13.0 Å².